The largest absolute Gasteiger partial charge is 0.402 e. The number of rotatable bonds is 1. The van der Waals surface area contributed by atoms with E-state index in [1.807, 2.05) is 0 Å². The molecule has 1 saturated carbocycles. The molecule has 0 aliphatic heterocycles. The molecule has 10 heavy (non-hydrogen) atoms. The molecule has 0 unspecified atom stereocenters. The van der Waals surface area contributed by atoms with E-state index in [4.69, 9.17) is 5.73 Å². The van der Waals surface area contributed by atoms with Crippen LogP contribution in [0, 0.1) is 11.8 Å². The standard InChI is InChI=1S/C9H17N/c1-7-3-5-9(6-4-7)8(2)10/h7,9H,2-6,10H2,1H3. The molecule has 0 aromatic heterocycles. The molecule has 0 saturated heterocycles. The lowest BCUT2D eigenvalue weighted by Gasteiger charge is -2.25. The molecule has 1 aliphatic rings. The van der Waals surface area contributed by atoms with Crippen LogP contribution in [0.15, 0.2) is 12.3 Å². The van der Waals surface area contributed by atoms with Crippen molar-refractivity contribution in [1.29, 1.82) is 0 Å². The van der Waals surface area contributed by atoms with Gasteiger partial charge in [0.05, 0.1) is 0 Å². The normalized spacial score (nSPS) is 33.7. The van der Waals surface area contributed by atoms with Crippen LogP contribution in [0.3, 0.4) is 0 Å². The molecule has 1 fully saturated rings. The minimum Gasteiger partial charge on any atom is -0.402 e. The zero-order valence-electron chi connectivity index (χ0n) is 6.77. The van der Waals surface area contributed by atoms with Gasteiger partial charge in [0.15, 0.2) is 0 Å². The van der Waals surface area contributed by atoms with Crippen molar-refractivity contribution in [3.63, 3.8) is 0 Å². The third-order valence-corrected chi connectivity index (χ3v) is 2.54. The molecule has 1 heteroatoms. The first-order valence-corrected chi connectivity index (χ1v) is 4.14. The van der Waals surface area contributed by atoms with Gasteiger partial charge in [0.2, 0.25) is 0 Å². The van der Waals surface area contributed by atoms with Crippen LogP contribution in [0.4, 0.5) is 0 Å². The minimum absolute atomic E-state index is 0.621. The molecule has 0 atom stereocenters. The average molecular weight is 139 g/mol. The summed E-state index contributed by atoms with van der Waals surface area (Å²) in [7, 11) is 0. The Labute approximate surface area is 63.3 Å². The molecule has 0 radical (unpaired) electrons. The molecule has 0 aromatic carbocycles. The van der Waals surface area contributed by atoms with Crippen LogP contribution in [0.1, 0.15) is 32.6 Å². The highest BCUT2D eigenvalue weighted by Gasteiger charge is 2.18. The molecule has 58 valence electrons. The first-order chi connectivity index (χ1) is 4.70. The van der Waals surface area contributed by atoms with Gasteiger partial charge in [-0.15, -0.1) is 0 Å². The van der Waals surface area contributed by atoms with Gasteiger partial charge in [-0.2, -0.15) is 0 Å². The van der Waals surface area contributed by atoms with Gasteiger partial charge < -0.3 is 5.73 Å². The Morgan fingerprint density at radius 2 is 1.80 bits per heavy atom. The molecule has 1 nitrogen and oxygen atoms in total. The summed E-state index contributed by atoms with van der Waals surface area (Å²) < 4.78 is 0. The molecule has 1 rings (SSSR count). The van der Waals surface area contributed by atoms with E-state index < -0.39 is 0 Å². The van der Waals surface area contributed by atoms with Gasteiger partial charge in [-0.3, -0.25) is 0 Å². The van der Waals surface area contributed by atoms with E-state index in [1.54, 1.807) is 0 Å². The predicted molar refractivity (Wildman–Crippen MR) is 44.4 cm³/mol. The van der Waals surface area contributed by atoms with Gasteiger partial charge in [-0.05, 0) is 24.7 Å². The van der Waals surface area contributed by atoms with Crippen LogP contribution in [0.2, 0.25) is 0 Å². The first-order valence-electron chi connectivity index (χ1n) is 4.14. The van der Waals surface area contributed by atoms with Crippen molar-refractivity contribution < 1.29 is 0 Å². The minimum atomic E-state index is 0.621. The molecule has 0 spiro atoms. The van der Waals surface area contributed by atoms with Crippen molar-refractivity contribution in [2.75, 3.05) is 0 Å². The third kappa shape index (κ3) is 1.76. The highest BCUT2D eigenvalue weighted by Crippen LogP contribution is 2.30. The lowest BCUT2D eigenvalue weighted by Crippen LogP contribution is -2.17. The van der Waals surface area contributed by atoms with Crippen molar-refractivity contribution >= 4 is 0 Å². The molecule has 2 N–H and O–H groups in total. The Morgan fingerprint density at radius 3 is 2.20 bits per heavy atom. The molecular weight excluding hydrogens is 122 g/mol. The smallest absolute Gasteiger partial charge is 0.00390 e. The first kappa shape index (κ1) is 7.64. The van der Waals surface area contributed by atoms with Gasteiger partial charge in [0.25, 0.3) is 0 Å². The summed E-state index contributed by atoms with van der Waals surface area (Å²) in [4.78, 5) is 0. The summed E-state index contributed by atoms with van der Waals surface area (Å²) in [5.41, 5.74) is 6.51. The third-order valence-electron chi connectivity index (χ3n) is 2.54. The fourth-order valence-electron chi connectivity index (χ4n) is 1.63. The lowest BCUT2D eigenvalue weighted by molar-refractivity contribution is 0.319. The van der Waals surface area contributed by atoms with Crippen LogP contribution in [-0.2, 0) is 0 Å². The molecule has 0 bridgehead atoms. The number of hydrogen-bond donors (Lipinski definition) is 1. The maximum Gasteiger partial charge on any atom is 0.00390 e. The molecule has 0 heterocycles. The molecule has 0 aromatic rings. The zero-order chi connectivity index (χ0) is 7.56. The predicted octanol–water partition coefficient (Wildman–Crippen LogP) is 2.29. The fourth-order valence-corrected chi connectivity index (χ4v) is 1.63. The quantitative estimate of drug-likeness (QED) is 0.592. The van der Waals surface area contributed by atoms with Gasteiger partial charge in [0.1, 0.15) is 0 Å². The number of hydrogen-bond acceptors (Lipinski definition) is 1. The van der Waals surface area contributed by atoms with Crippen LogP contribution in [-0.4, -0.2) is 0 Å². The average Bonchev–Trinajstić information content (AvgIpc) is 1.88. The highest BCUT2D eigenvalue weighted by atomic mass is 14.6. The van der Waals surface area contributed by atoms with Gasteiger partial charge in [-0.25, -0.2) is 0 Å². The van der Waals surface area contributed by atoms with Crippen LogP contribution in [0.5, 0.6) is 0 Å². The van der Waals surface area contributed by atoms with Crippen molar-refractivity contribution in [3.05, 3.63) is 12.3 Å². The second kappa shape index (κ2) is 3.09. The lowest BCUT2D eigenvalue weighted by atomic mass is 9.82. The summed E-state index contributed by atoms with van der Waals surface area (Å²) >= 11 is 0. The second-order valence-electron chi connectivity index (χ2n) is 3.53. The molecular formula is C9H17N. The topological polar surface area (TPSA) is 26.0 Å². The Hall–Kier alpha value is -0.460. The van der Waals surface area contributed by atoms with E-state index in [9.17, 15) is 0 Å². The van der Waals surface area contributed by atoms with Crippen molar-refractivity contribution in [1.82, 2.24) is 0 Å². The highest BCUT2D eigenvalue weighted by molar-refractivity contribution is 4.95. The summed E-state index contributed by atoms with van der Waals surface area (Å²) in [6, 6.07) is 0. The maximum absolute atomic E-state index is 5.62. The van der Waals surface area contributed by atoms with Crippen molar-refractivity contribution in [3.8, 4) is 0 Å². The van der Waals surface area contributed by atoms with E-state index >= 15 is 0 Å². The Morgan fingerprint density at radius 1 is 1.30 bits per heavy atom. The monoisotopic (exact) mass is 139 g/mol. The van der Waals surface area contributed by atoms with Crippen LogP contribution < -0.4 is 5.73 Å². The summed E-state index contributed by atoms with van der Waals surface area (Å²) in [6.07, 6.45) is 5.19. The van der Waals surface area contributed by atoms with E-state index in [1.165, 1.54) is 25.7 Å². The molecule has 1 aliphatic carbocycles. The van der Waals surface area contributed by atoms with Gasteiger partial charge in [-0.1, -0.05) is 26.3 Å². The van der Waals surface area contributed by atoms with Crippen LogP contribution in [0.25, 0.3) is 0 Å². The van der Waals surface area contributed by atoms with E-state index in [2.05, 4.69) is 13.5 Å². The van der Waals surface area contributed by atoms with Gasteiger partial charge >= 0.3 is 0 Å². The van der Waals surface area contributed by atoms with E-state index in [0.717, 1.165) is 11.6 Å². The molecule has 0 amide bonds. The summed E-state index contributed by atoms with van der Waals surface area (Å²) in [6.45, 7) is 6.10. The SMILES string of the molecule is C=C(N)C1CCC(C)CC1. The summed E-state index contributed by atoms with van der Waals surface area (Å²) in [5, 5.41) is 0. The second-order valence-corrected chi connectivity index (χ2v) is 3.53. The van der Waals surface area contributed by atoms with E-state index in [-0.39, 0.29) is 0 Å². The maximum atomic E-state index is 5.62. The Balaban J connectivity index is 2.33. The Kier molecular flexibility index (Phi) is 2.36. The van der Waals surface area contributed by atoms with Crippen LogP contribution >= 0.6 is 0 Å². The van der Waals surface area contributed by atoms with Crippen molar-refractivity contribution in [2.24, 2.45) is 17.6 Å². The number of allylic oxidation sites excluding steroid dienone is 1. The van der Waals surface area contributed by atoms with Crippen molar-refractivity contribution in [2.45, 2.75) is 32.6 Å². The van der Waals surface area contributed by atoms with E-state index in [0.29, 0.717) is 5.92 Å². The van der Waals surface area contributed by atoms with Gasteiger partial charge in [0, 0.05) is 5.70 Å². The fraction of sp³-hybridized carbons (Fsp3) is 0.778. The zero-order valence-corrected chi connectivity index (χ0v) is 6.77. The Bertz CT molecular complexity index is 121. The summed E-state index contributed by atoms with van der Waals surface area (Å²) in [5.74, 6) is 1.53. The number of nitrogens with two attached hydrogens (primary N) is 1.